The number of rotatable bonds is 6. The lowest BCUT2D eigenvalue weighted by molar-refractivity contribution is 0.311. The minimum absolute atomic E-state index is 0. The van der Waals surface area contributed by atoms with Crippen LogP contribution in [-0.4, -0.2) is 26.7 Å². The Morgan fingerprint density at radius 2 is 1.92 bits per heavy atom. The maximum absolute atomic E-state index is 13.3. The van der Waals surface area contributed by atoms with Crippen molar-refractivity contribution >= 4 is 35.6 Å². The largest absolute Gasteiger partial charge is 0.493 e. The molecule has 0 heterocycles. The molecule has 2 aromatic rings. The van der Waals surface area contributed by atoms with Crippen LogP contribution in [0.2, 0.25) is 0 Å². The number of aryl methyl sites for hydroxylation is 1. The predicted molar refractivity (Wildman–Crippen MR) is 115 cm³/mol. The van der Waals surface area contributed by atoms with Crippen LogP contribution in [0.1, 0.15) is 18.1 Å². The van der Waals surface area contributed by atoms with E-state index in [2.05, 4.69) is 15.6 Å². The van der Waals surface area contributed by atoms with Crippen molar-refractivity contribution in [3.8, 4) is 11.5 Å². The van der Waals surface area contributed by atoms with Gasteiger partial charge in [0.15, 0.2) is 17.5 Å². The summed E-state index contributed by atoms with van der Waals surface area (Å²) in [6.45, 7) is 4.78. The summed E-state index contributed by atoms with van der Waals surface area (Å²) in [4.78, 5) is 4.20. The molecule has 0 aliphatic carbocycles. The number of ether oxygens (including phenoxy) is 2. The summed E-state index contributed by atoms with van der Waals surface area (Å²) in [6, 6.07) is 10.6. The molecule has 0 atom stereocenters. The highest BCUT2D eigenvalue weighted by Gasteiger charge is 2.07. The minimum Gasteiger partial charge on any atom is -0.493 e. The standard InChI is InChI=1S/C19H24FN3O2.HI/c1-5-25-17-9-7-15(11-18(17)24-4)23-19(21-3)22-12-14-6-8-16(20)13(2)10-14;/h6-11H,5,12H2,1-4H3,(H2,21,22,23);1H. The van der Waals surface area contributed by atoms with Gasteiger partial charge in [-0.15, -0.1) is 24.0 Å². The lowest BCUT2D eigenvalue weighted by Crippen LogP contribution is -2.30. The Morgan fingerprint density at radius 1 is 1.15 bits per heavy atom. The molecule has 0 unspecified atom stereocenters. The molecular formula is C19H25FIN3O2. The van der Waals surface area contributed by atoms with Crippen molar-refractivity contribution in [3.63, 3.8) is 0 Å². The molecule has 0 saturated heterocycles. The van der Waals surface area contributed by atoms with E-state index >= 15 is 0 Å². The second kappa shape index (κ2) is 10.8. The Bertz CT molecular complexity index is 754. The van der Waals surface area contributed by atoms with Gasteiger partial charge >= 0.3 is 0 Å². The van der Waals surface area contributed by atoms with Gasteiger partial charge < -0.3 is 20.1 Å². The van der Waals surface area contributed by atoms with E-state index in [1.807, 2.05) is 31.2 Å². The molecule has 0 aromatic heterocycles. The maximum atomic E-state index is 13.3. The van der Waals surface area contributed by atoms with E-state index in [9.17, 15) is 4.39 Å². The fraction of sp³-hybridized carbons (Fsp3) is 0.316. The van der Waals surface area contributed by atoms with Gasteiger partial charge in [-0.2, -0.15) is 0 Å². The van der Waals surface area contributed by atoms with Crippen LogP contribution < -0.4 is 20.1 Å². The molecule has 142 valence electrons. The van der Waals surface area contributed by atoms with Gasteiger partial charge in [0, 0.05) is 25.3 Å². The van der Waals surface area contributed by atoms with Gasteiger partial charge in [-0.3, -0.25) is 4.99 Å². The number of guanidine groups is 1. The van der Waals surface area contributed by atoms with E-state index in [0.717, 1.165) is 11.3 Å². The van der Waals surface area contributed by atoms with Gasteiger partial charge in [0.2, 0.25) is 0 Å². The van der Waals surface area contributed by atoms with Gasteiger partial charge in [-0.1, -0.05) is 12.1 Å². The fourth-order valence-corrected chi connectivity index (χ4v) is 2.34. The van der Waals surface area contributed by atoms with Crippen LogP contribution in [0.15, 0.2) is 41.4 Å². The smallest absolute Gasteiger partial charge is 0.195 e. The molecule has 0 bridgehead atoms. The monoisotopic (exact) mass is 473 g/mol. The highest BCUT2D eigenvalue weighted by Crippen LogP contribution is 2.30. The molecule has 2 aromatic carbocycles. The number of nitrogens with one attached hydrogen (secondary N) is 2. The molecule has 5 nitrogen and oxygen atoms in total. The number of nitrogens with zero attached hydrogens (tertiary/aromatic N) is 1. The normalized spacial score (nSPS) is 10.7. The van der Waals surface area contributed by atoms with E-state index in [1.54, 1.807) is 27.1 Å². The van der Waals surface area contributed by atoms with Crippen LogP contribution in [0, 0.1) is 12.7 Å². The molecule has 0 aliphatic rings. The van der Waals surface area contributed by atoms with Crippen molar-refractivity contribution in [1.29, 1.82) is 0 Å². The van der Waals surface area contributed by atoms with E-state index in [0.29, 0.717) is 36.2 Å². The van der Waals surface area contributed by atoms with Crippen LogP contribution in [0.3, 0.4) is 0 Å². The summed E-state index contributed by atoms with van der Waals surface area (Å²) in [6.07, 6.45) is 0. The molecule has 26 heavy (non-hydrogen) atoms. The minimum atomic E-state index is -0.201. The van der Waals surface area contributed by atoms with Gasteiger partial charge in [0.1, 0.15) is 5.82 Å². The maximum Gasteiger partial charge on any atom is 0.195 e. The van der Waals surface area contributed by atoms with Crippen molar-refractivity contribution in [1.82, 2.24) is 5.32 Å². The van der Waals surface area contributed by atoms with Crippen molar-refractivity contribution in [2.45, 2.75) is 20.4 Å². The van der Waals surface area contributed by atoms with Crippen molar-refractivity contribution in [2.75, 3.05) is 26.1 Å². The quantitative estimate of drug-likeness (QED) is 0.372. The topological polar surface area (TPSA) is 54.9 Å². The van der Waals surface area contributed by atoms with Crippen molar-refractivity contribution in [3.05, 3.63) is 53.3 Å². The third-order valence-corrected chi connectivity index (χ3v) is 3.63. The van der Waals surface area contributed by atoms with Crippen molar-refractivity contribution < 1.29 is 13.9 Å². The first kappa shape index (κ1) is 22.0. The number of anilines is 1. The average Bonchev–Trinajstić information content (AvgIpc) is 2.62. The first-order valence-corrected chi connectivity index (χ1v) is 8.11. The van der Waals surface area contributed by atoms with Gasteiger partial charge in [-0.25, -0.2) is 4.39 Å². The predicted octanol–water partition coefficient (Wildman–Crippen LogP) is 4.35. The summed E-state index contributed by atoms with van der Waals surface area (Å²) in [5.41, 5.74) is 2.42. The van der Waals surface area contributed by atoms with Gasteiger partial charge in [0.05, 0.1) is 13.7 Å². The zero-order valence-electron chi connectivity index (χ0n) is 15.4. The van der Waals surface area contributed by atoms with Crippen LogP contribution in [-0.2, 0) is 6.54 Å². The average molecular weight is 473 g/mol. The molecule has 0 radical (unpaired) electrons. The zero-order valence-corrected chi connectivity index (χ0v) is 17.8. The summed E-state index contributed by atoms with van der Waals surface area (Å²) in [7, 11) is 3.29. The van der Waals surface area contributed by atoms with Crippen molar-refractivity contribution in [2.24, 2.45) is 4.99 Å². The Morgan fingerprint density at radius 3 is 2.54 bits per heavy atom. The second-order valence-corrected chi connectivity index (χ2v) is 5.43. The molecule has 7 heteroatoms. The zero-order chi connectivity index (χ0) is 18.2. The number of aliphatic imine (C=N–C) groups is 1. The summed E-state index contributed by atoms with van der Waals surface area (Å²) < 4.78 is 24.2. The SMILES string of the molecule is CCOc1ccc(NC(=NC)NCc2ccc(F)c(C)c2)cc1OC.I. The summed E-state index contributed by atoms with van der Waals surface area (Å²) >= 11 is 0. The second-order valence-electron chi connectivity index (χ2n) is 5.43. The van der Waals surface area contributed by atoms with E-state index in [1.165, 1.54) is 6.07 Å². The Hall–Kier alpha value is -2.03. The lowest BCUT2D eigenvalue weighted by atomic mass is 10.1. The highest BCUT2D eigenvalue weighted by atomic mass is 127. The molecule has 2 rings (SSSR count). The van der Waals surface area contributed by atoms with Crippen LogP contribution in [0.5, 0.6) is 11.5 Å². The fourth-order valence-electron chi connectivity index (χ4n) is 2.34. The lowest BCUT2D eigenvalue weighted by Gasteiger charge is -2.15. The van der Waals surface area contributed by atoms with Gasteiger partial charge in [0.25, 0.3) is 0 Å². The van der Waals surface area contributed by atoms with Crippen LogP contribution in [0.25, 0.3) is 0 Å². The number of methoxy groups -OCH3 is 1. The van der Waals surface area contributed by atoms with Crippen LogP contribution >= 0.6 is 24.0 Å². The van der Waals surface area contributed by atoms with E-state index in [4.69, 9.17) is 9.47 Å². The molecule has 0 fully saturated rings. The molecular weight excluding hydrogens is 448 g/mol. The Balaban J connectivity index is 0.00000338. The number of benzene rings is 2. The van der Waals surface area contributed by atoms with Gasteiger partial charge in [-0.05, 0) is 43.2 Å². The molecule has 2 N–H and O–H groups in total. The molecule has 0 aliphatic heterocycles. The Kier molecular flexibility index (Phi) is 9.18. The first-order chi connectivity index (χ1) is 12.1. The third kappa shape index (κ3) is 6.05. The molecule has 0 amide bonds. The van der Waals surface area contributed by atoms with E-state index in [-0.39, 0.29) is 29.8 Å². The number of hydrogen-bond donors (Lipinski definition) is 2. The first-order valence-electron chi connectivity index (χ1n) is 8.11. The summed E-state index contributed by atoms with van der Waals surface area (Å²) in [5, 5.41) is 6.40. The third-order valence-electron chi connectivity index (χ3n) is 3.63. The molecule has 0 spiro atoms. The number of halogens is 2. The highest BCUT2D eigenvalue weighted by molar-refractivity contribution is 14.0. The van der Waals surface area contributed by atoms with E-state index < -0.39 is 0 Å². The summed E-state index contributed by atoms with van der Waals surface area (Å²) in [5.74, 6) is 1.75. The molecule has 0 saturated carbocycles. The number of hydrogen-bond acceptors (Lipinski definition) is 3. The Labute approximate surface area is 171 Å². The van der Waals surface area contributed by atoms with Crippen LogP contribution in [0.4, 0.5) is 10.1 Å².